The van der Waals surface area contributed by atoms with E-state index in [0.717, 1.165) is 59.8 Å². The first-order chi connectivity index (χ1) is 17.8. The minimum atomic E-state index is 0.117. The number of hydrogen-bond donors (Lipinski definition) is 2. The zero-order valence-corrected chi connectivity index (χ0v) is 19.7. The van der Waals surface area contributed by atoms with Crippen molar-refractivity contribution in [3.63, 3.8) is 0 Å². The number of aromatic amines is 1. The van der Waals surface area contributed by atoms with Crippen LogP contribution in [0.3, 0.4) is 0 Å². The number of hydrogen-bond acceptors (Lipinski definition) is 8. The quantitative estimate of drug-likeness (QED) is 0.360. The second-order valence-electron chi connectivity index (χ2n) is 8.93. The van der Waals surface area contributed by atoms with Gasteiger partial charge in [0, 0.05) is 49.0 Å². The van der Waals surface area contributed by atoms with Gasteiger partial charge in [0.1, 0.15) is 29.9 Å². The van der Waals surface area contributed by atoms with Crippen LogP contribution in [0.25, 0.3) is 22.3 Å². The molecule has 182 valence electrons. The molecule has 0 saturated carbocycles. The first kappa shape index (κ1) is 22.2. The number of para-hydroxylation sites is 1. The summed E-state index contributed by atoms with van der Waals surface area (Å²) >= 11 is 0. The molecule has 0 bridgehead atoms. The molecule has 0 amide bonds. The fraction of sp³-hybridized carbons (Fsp3) is 0.269. The predicted octanol–water partition coefficient (Wildman–Crippen LogP) is 3.82. The van der Waals surface area contributed by atoms with Crippen LogP contribution in [0.4, 0.5) is 5.82 Å². The molecule has 1 aromatic carbocycles. The number of fused-ring (bicyclic) bond motifs is 1. The summed E-state index contributed by atoms with van der Waals surface area (Å²) in [5.41, 5.74) is 8.91. The molecule has 0 spiro atoms. The van der Waals surface area contributed by atoms with Crippen LogP contribution in [0.15, 0.2) is 73.7 Å². The van der Waals surface area contributed by atoms with E-state index in [1.165, 1.54) is 0 Å². The van der Waals surface area contributed by atoms with E-state index in [2.05, 4.69) is 41.1 Å². The Morgan fingerprint density at radius 1 is 1.03 bits per heavy atom. The van der Waals surface area contributed by atoms with E-state index in [-0.39, 0.29) is 6.04 Å². The minimum Gasteiger partial charge on any atom is -0.439 e. The van der Waals surface area contributed by atoms with Gasteiger partial charge in [-0.15, -0.1) is 0 Å². The number of nitrogens with zero attached hydrogens (tertiary/aromatic N) is 7. The monoisotopic (exact) mass is 481 g/mol. The second kappa shape index (κ2) is 9.74. The van der Waals surface area contributed by atoms with Crippen LogP contribution in [-0.2, 0) is 0 Å². The van der Waals surface area contributed by atoms with Crippen molar-refractivity contribution in [3.8, 4) is 22.9 Å². The molecule has 3 N–H and O–H groups in total. The first-order valence-electron chi connectivity index (χ1n) is 12.1. The number of nitrogens with two attached hydrogens (primary N) is 1. The molecular weight excluding hydrogens is 454 g/mol. The lowest BCUT2D eigenvalue weighted by molar-refractivity contribution is 0.262. The summed E-state index contributed by atoms with van der Waals surface area (Å²) in [5, 5.41) is 5.66. The van der Waals surface area contributed by atoms with Crippen molar-refractivity contribution >= 4 is 16.9 Å². The predicted molar refractivity (Wildman–Crippen MR) is 137 cm³/mol. The summed E-state index contributed by atoms with van der Waals surface area (Å²) in [7, 11) is 0. The molecule has 1 atom stereocenters. The zero-order valence-electron chi connectivity index (χ0n) is 19.7. The van der Waals surface area contributed by atoms with Crippen LogP contribution >= 0.6 is 0 Å². The highest BCUT2D eigenvalue weighted by molar-refractivity contribution is 5.89. The van der Waals surface area contributed by atoms with E-state index in [4.69, 9.17) is 10.5 Å². The normalized spacial score (nSPS) is 15.3. The Bertz CT molecular complexity index is 1440. The highest BCUT2D eigenvalue weighted by Gasteiger charge is 2.28. The highest BCUT2D eigenvalue weighted by atomic mass is 16.5. The van der Waals surface area contributed by atoms with E-state index < -0.39 is 0 Å². The highest BCUT2D eigenvalue weighted by Crippen LogP contribution is 2.32. The number of piperidine rings is 1. The summed E-state index contributed by atoms with van der Waals surface area (Å²) in [5.74, 6) is 2.58. The molecule has 1 aliphatic heterocycles. The summed E-state index contributed by atoms with van der Waals surface area (Å²) in [6.07, 6.45) is 10.9. The van der Waals surface area contributed by atoms with Crippen molar-refractivity contribution in [1.29, 1.82) is 0 Å². The molecule has 5 heterocycles. The maximum atomic E-state index is 6.25. The van der Waals surface area contributed by atoms with Crippen molar-refractivity contribution in [3.05, 3.63) is 73.7 Å². The van der Waals surface area contributed by atoms with Gasteiger partial charge in [-0.25, -0.2) is 19.9 Å². The van der Waals surface area contributed by atoms with Gasteiger partial charge in [-0.3, -0.25) is 4.68 Å². The number of aromatic nitrogens is 7. The van der Waals surface area contributed by atoms with Gasteiger partial charge in [0.2, 0.25) is 5.88 Å². The third kappa shape index (κ3) is 4.38. The second-order valence-corrected chi connectivity index (χ2v) is 8.93. The van der Waals surface area contributed by atoms with Gasteiger partial charge in [0.05, 0.1) is 17.9 Å². The summed E-state index contributed by atoms with van der Waals surface area (Å²) in [4.78, 5) is 22.9. The van der Waals surface area contributed by atoms with E-state index in [9.17, 15) is 0 Å². The average molecular weight is 482 g/mol. The van der Waals surface area contributed by atoms with Crippen molar-refractivity contribution in [2.24, 2.45) is 11.7 Å². The third-order valence-corrected chi connectivity index (χ3v) is 6.81. The Balaban J connectivity index is 1.13. The summed E-state index contributed by atoms with van der Waals surface area (Å²) in [6.45, 7) is 2.29. The standard InChI is InChI=1S/C26H27N9O/c27-13-22(35-15-19(14-33-35)25-21-6-9-28-26(21)32-17-31-25)18-7-10-34(11-8-18)23-12-24(30-16-29-23)36-20-4-2-1-3-5-20/h1-6,9,12,14-18,22H,7-8,10-11,13,27H2,(H,28,31,32). The maximum Gasteiger partial charge on any atom is 0.224 e. The fourth-order valence-electron chi connectivity index (χ4n) is 4.94. The molecule has 1 aliphatic rings. The smallest absolute Gasteiger partial charge is 0.224 e. The number of nitrogens with one attached hydrogen (secondary N) is 1. The Morgan fingerprint density at radius 3 is 2.69 bits per heavy atom. The average Bonchev–Trinajstić information content (AvgIpc) is 3.61. The molecule has 1 unspecified atom stereocenters. The van der Waals surface area contributed by atoms with Crippen LogP contribution in [0.1, 0.15) is 18.9 Å². The minimum absolute atomic E-state index is 0.117. The van der Waals surface area contributed by atoms with Crippen molar-refractivity contribution < 1.29 is 4.74 Å². The van der Waals surface area contributed by atoms with Crippen LogP contribution in [0.2, 0.25) is 0 Å². The molecule has 4 aromatic heterocycles. The maximum absolute atomic E-state index is 6.25. The third-order valence-electron chi connectivity index (χ3n) is 6.81. The van der Waals surface area contributed by atoms with Gasteiger partial charge in [-0.05, 0) is 37.0 Å². The largest absolute Gasteiger partial charge is 0.439 e. The SMILES string of the molecule is NCC(C1CCN(c2cc(Oc3ccccc3)ncn2)CC1)n1cc(-c2ncnc3[nH]ccc23)cn1. The zero-order chi connectivity index (χ0) is 24.3. The number of anilines is 1. The van der Waals surface area contributed by atoms with Crippen LogP contribution in [-0.4, -0.2) is 54.3 Å². The number of rotatable bonds is 7. The first-order valence-corrected chi connectivity index (χ1v) is 12.1. The topological polar surface area (TPSA) is 124 Å². The number of ether oxygens (including phenoxy) is 1. The lowest BCUT2D eigenvalue weighted by Crippen LogP contribution is -2.39. The van der Waals surface area contributed by atoms with Gasteiger partial charge >= 0.3 is 0 Å². The van der Waals surface area contributed by atoms with Gasteiger partial charge < -0.3 is 20.4 Å². The van der Waals surface area contributed by atoms with Gasteiger partial charge in [0.25, 0.3) is 0 Å². The lowest BCUT2D eigenvalue weighted by Gasteiger charge is -2.36. The van der Waals surface area contributed by atoms with Gasteiger partial charge in [0.15, 0.2) is 0 Å². The Labute approximate surface area is 208 Å². The molecule has 0 aliphatic carbocycles. The van der Waals surface area contributed by atoms with Gasteiger partial charge in [-0.1, -0.05) is 18.2 Å². The summed E-state index contributed by atoms with van der Waals surface area (Å²) < 4.78 is 7.89. The van der Waals surface area contributed by atoms with E-state index in [1.807, 2.05) is 59.5 Å². The molecule has 5 aromatic rings. The number of H-pyrrole nitrogens is 1. The van der Waals surface area contributed by atoms with Crippen LogP contribution in [0, 0.1) is 5.92 Å². The van der Waals surface area contributed by atoms with Crippen molar-refractivity contribution in [1.82, 2.24) is 34.7 Å². The molecule has 0 radical (unpaired) electrons. The summed E-state index contributed by atoms with van der Waals surface area (Å²) in [6, 6.07) is 13.7. The van der Waals surface area contributed by atoms with Crippen molar-refractivity contribution in [2.75, 3.05) is 24.5 Å². The molecule has 1 saturated heterocycles. The molecule has 36 heavy (non-hydrogen) atoms. The van der Waals surface area contributed by atoms with E-state index in [1.54, 1.807) is 12.7 Å². The Kier molecular flexibility index (Phi) is 6.00. The molecule has 6 rings (SSSR count). The lowest BCUT2D eigenvalue weighted by atomic mass is 9.89. The Hall–Kier alpha value is -4.31. The molecule has 10 nitrogen and oxygen atoms in total. The van der Waals surface area contributed by atoms with Crippen molar-refractivity contribution in [2.45, 2.75) is 18.9 Å². The number of benzene rings is 1. The van der Waals surface area contributed by atoms with E-state index >= 15 is 0 Å². The van der Waals surface area contributed by atoms with Crippen LogP contribution < -0.4 is 15.4 Å². The fourth-order valence-corrected chi connectivity index (χ4v) is 4.94. The Morgan fingerprint density at radius 2 is 1.86 bits per heavy atom. The van der Waals surface area contributed by atoms with Gasteiger partial charge in [-0.2, -0.15) is 5.10 Å². The molecule has 10 heteroatoms. The van der Waals surface area contributed by atoms with E-state index in [0.29, 0.717) is 18.3 Å². The van der Waals surface area contributed by atoms with Crippen LogP contribution in [0.5, 0.6) is 11.6 Å². The molecular formula is C26H27N9O. The molecule has 1 fully saturated rings.